The Bertz CT molecular complexity index is 641. The molecular formula is C14H11ClFNO3. The Hall–Kier alpha value is -2.27. The standard InChI is InChI=1S/C14H11ClFNO3/c15-9-3-1-4-10(16)8(9)7-20-12-6-2-5-11(17)13(12)14(18)19/h1-6H,7,17H2,(H,18,19). The largest absolute Gasteiger partial charge is 0.488 e. The molecule has 104 valence electrons. The van der Waals surface area contributed by atoms with Crippen molar-refractivity contribution in [3.05, 3.63) is 58.4 Å². The van der Waals surface area contributed by atoms with E-state index in [-0.39, 0.29) is 34.2 Å². The van der Waals surface area contributed by atoms with Gasteiger partial charge in [-0.15, -0.1) is 0 Å². The molecular weight excluding hydrogens is 285 g/mol. The maximum Gasteiger partial charge on any atom is 0.341 e. The smallest absolute Gasteiger partial charge is 0.341 e. The molecule has 0 aliphatic rings. The predicted octanol–water partition coefficient (Wildman–Crippen LogP) is 3.34. The highest BCUT2D eigenvalue weighted by molar-refractivity contribution is 6.31. The van der Waals surface area contributed by atoms with E-state index in [0.717, 1.165) is 0 Å². The molecule has 0 unspecified atom stereocenters. The Kier molecular flexibility index (Phi) is 4.10. The van der Waals surface area contributed by atoms with Crippen molar-refractivity contribution in [2.75, 3.05) is 5.73 Å². The van der Waals surface area contributed by atoms with Gasteiger partial charge < -0.3 is 15.6 Å². The van der Waals surface area contributed by atoms with Crippen LogP contribution >= 0.6 is 11.6 Å². The summed E-state index contributed by atoms with van der Waals surface area (Å²) in [4.78, 5) is 11.1. The Balaban J connectivity index is 2.28. The van der Waals surface area contributed by atoms with Gasteiger partial charge in [0.15, 0.2) is 0 Å². The SMILES string of the molecule is Nc1cccc(OCc2c(F)cccc2Cl)c1C(=O)O. The van der Waals surface area contributed by atoms with Gasteiger partial charge in [0.25, 0.3) is 0 Å². The van der Waals surface area contributed by atoms with Crippen molar-refractivity contribution in [2.24, 2.45) is 0 Å². The molecule has 0 aliphatic carbocycles. The number of benzene rings is 2. The first-order chi connectivity index (χ1) is 9.50. The Morgan fingerprint density at radius 1 is 1.30 bits per heavy atom. The zero-order valence-electron chi connectivity index (χ0n) is 10.3. The maximum atomic E-state index is 13.6. The van der Waals surface area contributed by atoms with Crippen molar-refractivity contribution in [1.29, 1.82) is 0 Å². The number of rotatable bonds is 4. The van der Waals surface area contributed by atoms with Crippen molar-refractivity contribution in [3.63, 3.8) is 0 Å². The van der Waals surface area contributed by atoms with E-state index in [1.807, 2.05) is 0 Å². The van der Waals surface area contributed by atoms with Crippen LogP contribution in [-0.4, -0.2) is 11.1 Å². The molecule has 4 nitrogen and oxygen atoms in total. The summed E-state index contributed by atoms with van der Waals surface area (Å²) in [5, 5.41) is 9.31. The van der Waals surface area contributed by atoms with Crippen LogP contribution in [0.2, 0.25) is 5.02 Å². The van der Waals surface area contributed by atoms with Gasteiger partial charge in [-0.2, -0.15) is 0 Å². The lowest BCUT2D eigenvalue weighted by molar-refractivity contribution is 0.0693. The second kappa shape index (κ2) is 5.79. The Labute approximate surface area is 119 Å². The van der Waals surface area contributed by atoms with Gasteiger partial charge in [-0.25, -0.2) is 9.18 Å². The van der Waals surface area contributed by atoms with Crippen molar-refractivity contribution < 1.29 is 19.0 Å². The van der Waals surface area contributed by atoms with Gasteiger partial charge >= 0.3 is 5.97 Å². The Morgan fingerprint density at radius 2 is 2.00 bits per heavy atom. The molecule has 0 fully saturated rings. The first-order valence-corrected chi connectivity index (χ1v) is 6.06. The van der Waals surface area contributed by atoms with Crippen LogP contribution in [0.1, 0.15) is 15.9 Å². The summed E-state index contributed by atoms with van der Waals surface area (Å²) < 4.78 is 18.9. The monoisotopic (exact) mass is 295 g/mol. The highest BCUT2D eigenvalue weighted by Crippen LogP contribution is 2.27. The van der Waals surface area contributed by atoms with Gasteiger partial charge in [0.2, 0.25) is 0 Å². The lowest BCUT2D eigenvalue weighted by Crippen LogP contribution is -2.07. The van der Waals surface area contributed by atoms with Crippen LogP contribution in [0.3, 0.4) is 0 Å². The van der Waals surface area contributed by atoms with Gasteiger partial charge in [0.05, 0.1) is 5.02 Å². The fourth-order valence-corrected chi connectivity index (χ4v) is 1.93. The molecule has 0 saturated heterocycles. The van der Waals surface area contributed by atoms with Crippen molar-refractivity contribution >= 4 is 23.3 Å². The molecule has 0 aromatic heterocycles. The van der Waals surface area contributed by atoms with Gasteiger partial charge in [0.1, 0.15) is 23.7 Å². The summed E-state index contributed by atoms with van der Waals surface area (Å²) in [5.74, 6) is -1.66. The van der Waals surface area contributed by atoms with Crippen molar-refractivity contribution in [2.45, 2.75) is 6.61 Å². The zero-order valence-corrected chi connectivity index (χ0v) is 11.0. The molecule has 3 N–H and O–H groups in total. The van der Waals surface area contributed by atoms with E-state index in [0.29, 0.717) is 0 Å². The summed E-state index contributed by atoms with van der Waals surface area (Å²) in [6.07, 6.45) is 0. The normalized spacial score (nSPS) is 10.3. The summed E-state index contributed by atoms with van der Waals surface area (Å²) >= 11 is 5.87. The number of carbonyl (C=O) groups is 1. The number of ether oxygens (including phenoxy) is 1. The van der Waals surface area contributed by atoms with Gasteiger partial charge in [-0.1, -0.05) is 23.7 Å². The van der Waals surface area contributed by atoms with E-state index >= 15 is 0 Å². The number of halogens is 2. The topological polar surface area (TPSA) is 72.5 Å². The number of hydrogen-bond acceptors (Lipinski definition) is 3. The molecule has 0 saturated carbocycles. The molecule has 2 rings (SSSR count). The van der Waals surface area contributed by atoms with Crippen LogP contribution < -0.4 is 10.5 Å². The minimum Gasteiger partial charge on any atom is -0.488 e. The number of nitrogen functional groups attached to an aromatic ring is 1. The number of hydrogen-bond donors (Lipinski definition) is 2. The van der Waals surface area contributed by atoms with E-state index in [4.69, 9.17) is 27.2 Å². The Morgan fingerprint density at radius 3 is 2.65 bits per heavy atom. The molecule has 20 heavy (non-hydrogen) atoms. The van der Waals surface area contributed by atoms with E-state index in [9.17, 15) is 9.18 Å². The average Bonchev–Trinajstić information content (AvgIpc) is 2.37. The van der Waals surface area contributed by atoms with E-state index in [1.54, 1.807) is 6.07 Å². The van der Waals surface area contributed by atoms with Gasteiger partial charge in [-0.05, 0) is 24.3 Å². The molecule has 0 atom stereocenters. The highest BCUT2D eigenvalue weighted by atomic mass is 35.5. The van der Waals surface area contributed by atoms with E-state index in [2.05, 4.69) is 0 Å². The van der Waals surface area contributed by atoms with Crippen molar-refractivity contribution in [3.8, 4) is 5.75 Å². The number of anilines is 1. The van der Waals surface area contributed by atoms with Crippen LogP contribution in [0.15, 0.2) is 36.4 Å². The minimum absolute atomic E-state index is 0.0665. The number of aromatic carboxylic acids is 1. The first kappa shape index (κ1) is 14.1. The summed E-state index contributed by atoms with van der Waals surface area (Å²) in [6.45, 7) is -0.185. The number of carboxylic acids is 1. The molecule has 0 amide bonds. The molecule has 0 aliphatic heterocycles. The van der Waals surface area contributed by atoms with Gasteiger partial charge in [0, 0.05) is 11.3 Å². The zero-order chi connectivity index (χ0) is 14.7. The maximum absolute atomic E-state index is 13.6. The quantitative estimate of drug-likeness (QED) is 0.849. The third-order valence-electron chi connectivity index (χ3n) is 2.71. The van der Waals surface area contributed by atoms with Crippen LogP contribution in [0, 0.1) is 5.82 Å². The summed E-state index contributed by atoms with van der Waals surface area (Å²) in [7, 11) is 0. The molecule has 0 bridgehead atoms. The first-order valence-electron chi connectivity index (χ1n) is 5.68. The lowest BCUT2D eigenvalue weighted by atomic mass is 10.1. The van der Waals surface area contributed by atoms with E-state index in [1.165, 1.54) is 30.3 Å². The molecule has 0 heterocycles. The lowest BCUT2D eigenvalue weighted by Gasteiger charge is -2.12. The molecule has 0 spiro atoms. The number of carboxylic acid groups (broad SMARTS) is 1. The van der Waals surface area contributed by atoms with Crippen LogP contribution in [-0.2, 0) is 6.61 Å². The summed E-state index contributed by atoms with van der Waals surface area (Å²) in [6, 6.07) is 8.72. The fourth-order valence-electron chi connectivity index (χ4n) is 1.72. The second-order valence-corrected chi connectivity index (χ2v) is 4.42. The van der Waals surface area contributed by atoms with Crippen LogP contribution in [0.5, 0.6) is 5.75 Å². The van der Waals surface area contributed by atoms with Crippen molar-refractivity contribution in [1.82, 2.24) is 0 Å². The molecule has 2 aromatic rings. The third kappa shape index (κ3) is 2.83. The molecule has 2 aromatic carbocycles. The second-order valence-electron chi connectivity index (χ2n) is 4.01. The van der Waals surface area contributed by atoms with Gasteiger partial charge in [-0.3, -0.25) is 0 Å². The predicted molar refractivity (Wildman–Crippen MR) is 73.6 cm³/mol. The minimum atomic E-state index is -1.21. The third-order valence-corrected chi connectivity index (χ3v) is 3.06. The van der Waals surface area contributed by atoms with Crippen LogP contribution in [0.25, 0.3) is 0 Å². The average molecular weight is 296 g/mol. The molecule has 0 radical (unpaired) electrons. The number of nitrogens with two attached hydrogens (primary N) is 1. The fraction of sp³-hybridized carbons (Fsp3) is 0.0714. The summed E-state index contributed by atoms with van der Waals surface area (Å²) in [5.41, 5.74) is 5.68. The highest BCUT2D eigenvalue weighted by Gasteiger charge is 2.16. The van der Waals surface area contributed by atoms with Crippen LogP contribution in [0.4, 0.5) is 10.1 Å². The molecule has 6 heteroatoms. The van der Waals surface area contributed by atoms with E-state index < -0.39 is 11.8 Å².